The minimum atomic E-state index is -0.463. The number of piperazine rings is 1. The molecule has 0 spiro atoms. The molecule has 2 aliphatic rings. The Morgan fingerprint density at radius 3 is 2.50 bits per heavy atom. The lowest BCUT2D eigenvalue weighted by Gasteiger charge is -2.38. The maximum atomic E-state index is 12.5. The maximum Gasteiger partial charge on any atom is 0.324 e. The highest BCUT2D eigenvalue weighted by Crippen LogP contribution is 2.26. The average molecular weight is 397 g/mol. The molecule has 1 saturated carbocycles. The number of hydrogen-bond acceptors (Lipinski definition) is 5. The van der Waals surface area contributed by atoms with E-state index in [9.17, 15) is 14.9 Å². The lowest BCUT2D eigenvalue weighted by Crippen LogP contribution is -2.55. The van der Waals surface area contributed by atoms with Gasteiger partial charge in [0.2, 0.25) is 0 Å². The highest BCUT2D eigenvalue weighted by atomic mass is 32.1. The molecule has 1 aromatic rings. The molecule has 2 heterocycles. The van der Waals surface area contributed by atoms with Crippen LogP contribution in [0.5, 0.6) is 0 Å². The number of carbonyl (C=O) groups excluding carboxylic acids is 1. The van der Waals surface area contributed by atoms with Crippen LogP contribution in [-0.4, -0.2) is 58.0 Å². The van der Waals surface area contributed by atoms with Gasteiger partial charge in [0.25, 0.3) is 5.91 Å². The van der Waals surface area contributed by atoms with Gasteiger partial charge in [-0.05, 0) is 37.0 Å². The Hall–Kier alpha value is -1.74. The fraction of sp³-hybridized carbons (Fsp3) is 0.647. The van der Waals surface area contributed by atoms with Gasteiger partial charge in [-0.1, -0.05) is 31.1 Å². The fourth-order valence-corrected chi connectivity index (χ4v) is 4.71. The minimum absolute atomic E-state index is 0.000958. The Bertz CT molecular complexity index is 685. The summed E-state index contributed by atoms with van der Waals surface area (Å²) < 4.78 is 0. The molecule has 1 saturated heterocycles. The van der Waals surface area contributed by atoms with Gasteiger partial charge in [-0.15, -0.1) is 0 Å². The predicted octanol–water partition coefficient (Wildman–Crippen LogP) is 2.87. The molecular formula is C17H24N4O3S2. The zero-order chi connectivity index (χ0) is 18.7. The third-order valence-electron chi connectivity index (χ3n) is 5.26. The van der Waals surface area contributed by atoms with Crippen LogP contribution in [0, 0.1) is 16.0 Å². The monoisotopic (exact) mass is 396 g/mol. The highest BCUT2D eigenvalue weighted by molar-refractivity contribution is 7.80. The molecule has 1 N–H and O–H groups in total. The van der Waals surface area contributed by atoms with Crippen LogP contribution >= 0.6 is 23.6 Å². The SMILES string of the molecule is CC1CCCCC1NC(=S)N1CCN(C(=O)c2ccc([N+](=O)[O-])s2)CC1. The third kappa shape index (κ3) is 4.32. The number of nitro groups is 1. The molecule has 0 radical (unpaired) electrons. The van der Waals surface area contributed by atoms with Crippen LogP contribution < -0.4 is 5.32 Å². The van der Waals surface area contributed by atoms with E-state index in [1.807, 2.05) is 0 Å². The number of thiophene rings is 1. The van der Waals surface area contributed by atoms with Crippen LogP contribution in [0.2, 0.25) is 0 Å². The zero-order valence-corrected chi connectivity index (χ0v) is 16.5. The van der Waals surface area contributed by atoms with E-state index in [1.165, 1.54) is 31.4 Å². The van der Waals surface area contributed by atoms with E-state index < -0.39 is 4.92 Å². The standard InChI is InChI=1S/C17H24N4O3S2/c1-12-4-2-3-5-13(12)18-17(25)20-10-8-19(9-11-20)16(22)14-6-7-15(26-14)21(23)24/h6-7,12-13H,2-5,8-11H2,1H3,(H,18,25). The van der Waals surface area contributed by atoms with Crippen molar-refractivity contribution in [2.75, 3.05) is 26.2 Å². The first-order valence-electron chi connectivity index (χ1n) is 9.04. The van der Waals surface area contributed by atoms with E-state index in [1.54, 1.807) is 4.90 Å². The van der Waals surface area contributed by atoms with Crippen molar-refractivity contribution in [2.45, 2.75) is 38.6 Å². The average Bonchev–Trinajstić information content (AvgIpc) is 3.13. The van der Waals surface area contributed by atoms with Gasteiger partial charge in [0.1, 0.15) is 0 Å². The van der Waals surface area contributed by atoms with E-state index in [0.29, 0.717) is 43.0 Å². The molecular weight excluding hydrogens is 372 g/mol. The summed E-state index contributed by atoms with van der Waals surface area (Å²) in [6, 6.07) is 3.37. The van der Waals surface area contributed by atoms with Gasteiger partial charge >= 0.3 is 5.00 Å². The van der Waals surface area contributed by atoms with Crippen molar-refractivity contribution in [2.24, 2.45) is 5.92 Å². The van der Waals surface area contributed by atoms with Gasteiger partial charge in [0.15, 0.2) is 5.11 Å². The molecule has 0 bridgehead atoms. The Balaban J connectivity index is 1.50. The van der Waals surface area contributed by atoms with Gasteiger partial charge in [-0.2, -0.15) is 0 Å². The first-order chi connectivity index (χ1) is 12.5. The quantitative estimate of drug-likeness (QED) is 0.481. The van der Waals surface area contributed by atoms with Gasteiger partial charge in [0, 0.05) is 38.3 Å². The molecule has 142 valence electrons. The molecule has 26 heavy (non-hydrogen) atoms. The minimum Gasteiger partial charge on any atom is -0.360 e. The second kappa shape index (κ2) is 8.30. The van der Waals surface area contributed by atoms with Gasteiger partial charge < -0.3 is 15.1 Å². The molecule has 9 heteroatoms. The first-order valence-corrected chi connectivity index (χ1v) is 10.3. The summed E-state index contributed by atoms with van der Waals surface area (Å²) in [6.45, 7) is 4.80. The van der Waals surface area contributed by atoms with Crippen molar-refractivity contribution in [3.63, 3.8) is 0 Å². The van der Waals surface area contributed by atoms with E-state index in [-0.39, 0.29) is 10.9 Å². The summed E-state index contributed by atoms with van der Waals surface area (Å²) in [6.07, 6.45) is 4.96. The Morgan fingerprint density at radius 1 is 1.23 bits per heavy atom. The second-order valence-corrected chi connectivity index (χ2v) is 8.44. The molecule has 2 fully saturated rings. The van der Waals surface area contributed by atoms with E-state index in [2.05, 4.69) is 17.1 Å². The van der Waals surface area contributed by atoms with Gasteiger partial charge in [0.05, 0.1) is 9.80 Å². The number of rotatable bonds is 3. The van der Waals surface area contributed by atoms with Crippen molar-refractivity contribution in [1.82, 2.24) is 15.1 Å². The zero-order valence-electron chi connectivity index (χ0n) is 14.8. The number of carbonyl (C=O) groups is 1. The Kier molecular flexibility index (Phi) is 6.08. The second-order valence-electron chi connectivity index (χ2n) is 6.99. The summed E-state index contributed by atoms with van der Waals surface area (Å²) in [5, 5.41) is 15.1. The van der Waals surface area contributed by atoms with Crippen molar-refractivity contribution in [3.8, 4) is 0 Å². The summed E-state index contributed by atoms with van der Waals surface area (Å²) in [4.78, 5) is 27.1. The molecule has 1 amide bonds. The van der Waals surface area contributed by atoms with Crippen molar-refractivity contribution < 1.29 is 9.72 Å². The Morgan fingerprint density at radius 2 is 1.88 bits per heavy atom. The molecule has 2 atom stereocenters. The largest absolute Gasteiger partial charge is 0.360 e. The summed E-state index contributed by atoms with van der Waals surface area (Å²) in [5.74, 6) is 0.502. The molecule has 7 nitrogen and oxygen atoms in total. The first kappa shape index (κ1) is 19.0. The van der Waals surface area contributed by atoms with E-state index in [0.717, 1.165) is 22.9 Å². The number of nitrogens with zero attached hydrogens (tertiary/aromatic N) is 3. The van der Waals surface area contributed by atoms with Crippen LogP contribution in [0.15, 0.2) is 12.1 Å². The maximum absolute atomic E-state index is 12.5. The number of thiocarbonyl (C=S) groups is 1. The van der Waals surface area contributed by atoms with Crippen LogP contribution in [0.4, 0.5) is 5.00 Å². The van der Waals surface area contributed by atoms with Crippen molar-refractivity contribution in [3.05, 3.63) is 27.1 Å². The summed E-state index contributed by atoms with van der Waals surface area (Å²) in [5.41, 5.74) is 0. The predicted molar refractivity (Wildman–Crippen MR) is 106 cm³/mol. The van der Waals surface area contributed by atoms with Gasteiger partial charge in [-0.25, -0.2) is 0 Å². The number of hydrogen-bond donors (Lipinski definition) is 1. The molecule has 1 aliphatic carbocycles. The summed E-state index contributed by atoms with van der Waals surface area (Å²) in [7, 11) is 0. The van der Waals surface area contributed by atoms with Crippen LogP contribution in [0.3, 0.4) is 0 Å². The highest BCUT2D eigenvalue weighted by Gasteiger charge is 2.28. The molecule has 1 aromatic heterocycles. The Labute approximate surface area is 162 Å². The topological polar surface area (TPSA) is 78.7 Å². The van der Waals surface area contributed by atoms with E-state index >= 15 is 0 Å². The fourth-order valence-electron chi connectivity index (χ4n) is 3.59. The molecule has 1 aliphatic heterocycles. The molecule has 0 aromatic carbocycles. The lowest BCUT2D eigenvalue weighted by molar-refractivity contribution is -0.380. The normalized spacial score (nSPS) is 23.6. The van der Waals surface area contributed by atoms with Crippen molar-refractivity contribution in [1.29, 1.82) is 0 Å². The molecule has 3 rings (SSSR count). The summed E-state index contributed by atoms with van der Waals surface area (Å²) >= 11 is 6.51. The third-order valence-corrected chi connectivity index (χ3v) is 6.66. The van der Waals surface area contributed by atoms with Crippen LogP contribution in [0.25, 0.3) is 0 Å². The van der Waals surface area contributed by atoms with Crippen molar-refractivity contribution >= 4 is 39.6 Å². The van der Waals surface area contributed by atoms with E-state index in [4.69, 9.17) is 12.2 Å². The number of nitrogens with one attached hydrogen (secondary N) is 1. The number of amides is 1. The van der Waals surface area contributed by atoms with Crippen LogP contribution in [0.1, 0.15) is 42.3 Å². The smallest absolute Gasteiger partial charge is 0.324 e. The lowest BCUT2D eigenvalue weighted by atomic mass is 9.86. The van der Waals surface area contributed by atoms with Crippen LogP contribution in [-0.2, 0) is 0 Å². The molecule has 2 unspecified atom stereocenters. The van der Waals surface area contributed by atoms with Gasteiger partial charge in [-0.3, -0.25) is 14.9 Å².